The number of hydrogen-bond donors (Lipinski definition) is 2. The van der Waals surface area contributed by atoms with E-state index >= 15 is 0 Å². The normalized spacial score (nSPS) is 11.6. The van der Waals surface area contributed by atoms with E-state index in [4.69, 9.17) is 5.26 Å². The third-order valence-electron chi connectivity index (χ3n) is 2.54. The molecule has 5 heteroatoms. The van der Waals surface area contributed by atoms with Crippen molar-refractivity contribution < 1.29 is 5.11 Å². The number of nitrogens with zero attached hydrogens (tertiary/aromatic N) is 3. The van der Waals surface area contributed by atoms with E-state index in [0.717, 1.165) is 5.56 Å². The van der Waals surface area contributed by atoms with E-state index in [2.05, 4.69) is 15.5 Å². The molecule has 1 aromatic carbocycles. The largest absolute Gasteiger partial charge is 0.394 e. The molecule has 0 fully saturated rings. The number of nitriles is 1. The monoisotopic (exact) mass is 240 g/mol. The lowest BCUT2D eigenvalue weighted by molar-refractivity contribution is 0.276. The summed E-state index contributed by atoms with van der Waals surface area (Å²) in [6.07, 6.45) is 1.46. The van der Waals surface area contributed by atoms with Crippen molar-refractivity contribution in [2.24, 2.45) is 0 Å². The maximum atomic E-state index is 9.41. The van der Waals surface area contributed by atoms with Crippen LogP contribution in [0.3, 0.4) is 0 Å². The highest BCUT2D eigenvalue weighted by Gasteiger charge is 2.12. The molecule has 1 aromatic heterocycles. The highest BCUT2D eigenvalue weighted by atomic mass is 16.3. The Bertz CT molecular complexity index is 550. The first-order chi connectivity index (χ1) is 8.85. The van der Waals surface area contributed by atoms with Gasteiger partial charge in [-0.05, 0) is 11.6 Å². The van der Waals surface area contributed by atoms with Gasteiger partial charge in [0.2, 0.25) is 0 Å². The van der Waals surface area contributed by atoms with Crippen LogP contribution in [0.15, 0.2) is 42.6 Å². The molecule has 0 aliphatic heterocycles. The molecule has 2 N–H and O–H groups in total. The zero-order chi connectivity index (χ0) is 12.8. The number of aliphatic hydroxyl groups excluding tert-OH is 1. The second-order valence-corrected chi connectivity index (χ2v) is 3.70. The fourth-order valence-corrected chi connectivity index (χ4v) is 1.61. The molecule has 0 saturated carbocycles. The van der Waals surface area contributed by atoms with Gasteiger partial charge in [0.25, 0.3) is 0 Å². The Morgan fingerprint density at radius 2 is 2.06 bits per heavy atom. The summed E-state index contributed by atoms with van der Waals surface area (Å²) in [6, 6.07) is 12.8. The summed E-state index contributed by atoms with van der Waals surface area (Å²) in [7, 11) is 0. The summed E-state index contributed by atoms with van der Waals surface area (Å²) in [5.41, 5.74) is 1.33. The van der Waals surface area contributed by atoms with Gasteiger partial charge in [-0.2, -0.15) is 10.4 Å². The van der Waals surface area contributed by atoms with E-state index in [1.165, 1.54) is 6.20 Å². The summed E-state index contributed by atoms with van der Waals surface area (Å²) >= 11 is 0. The number of benzene rings is 1. The Morgan fingerprint density at radius 3 is 2.72 bits per heavy atom. The minimum absolute atomic E-state index is 0.0918. The van der Waals surface area contributed by atoms with Crippen LogP contribution in [0.1, 0.15) is 17.2 Å². The highest BCUT2D eigenvalue weighted by Crippen LogP contribution is 2.19. The Morgan fingerprint density at radius 1 is 1.28 bits per heavy atom. The Labute approximate surface area is 105 Å². The van der Waals surface area contributed by atoms with E-state index in [1.54, 1.807) is 6.07 Å². The van der Waals surface area contributed by atoms with Gasteiger partial charge in [0.05, 0.1) is 24.4 Å². The topological polar surface area (TPSA) is 81.8 Å². The zero-order valence-corrected chi connectivity index (χ0v) is 9.61. The SMILES string of the molecule is N#Cc1ccnnc1NC(CO)c1ccccc1. The number of hydrogen-bond acceptors (Lipinski definition) is 5. The molecular weight excluding hydrogens is 228 g/mol. The van der Waals surface area contributed by atoms with Gasteiger partial charge in [0.15, 0.2) is 5.82 Å². The predicted octanol–water partition coefficient (Wildman–Crippen LogP) is 1.49. The quantitative estimate of drug-likeness (QED) is 0.846. The number of anilines is 1. The van der Waals surface area contributed by atoms with Crippen molar-refractivity contribution in [2.45, 2.75) is 6.04 Å². The first kappa shape index (κ1) is 12.0. The van der Waals surface area contributed by atoms with E-state index in [9.17, 15) is 5.11 Å². The van der Waals surface area contributed by atoms with E-state index < -0.39 is 0 Å². The summed E-state index contributed by atoms with van der Waals surface area (Å²) in [5, 5.41) is 29.0. The van der Waals surface area contributed by atoms with Crippen LogP contribution >= 0.6 is 0 Å². The molecule has 0 aliphatic carbocycles. The minimum atomic E-state index is -0.310. The Hall–Kier alpha value is -2.45. The zero-order valence-electron chi connectivity index (χ0n) is 9.61. The van der Waals surface area contributed by atoms with E-state index in [-0.39, 0.29) is 12.6 Å². The molecule has 0 saturated heterocycles. The molecule has 1 atom stereocenters. The lowest BCUT2D eigenvalue weighted by atomic mass is 10.1. The lowest BCUT2D eigenvalue weighted by Crippen LogP contribution is -2.16. The van der Waals surface area contributed by atoms with Crippen molar-refractivity contribution in [3.63, 3.8) is 0 Å². The smallest absolute Gasteiger partial charge is 0.167 e. The van der Waals surface area contributed by atoms with Crippen molar-refractivity contribution in [3.8, 4) is 6.07 Å². The van der Waals surface area contributed by atoms with Gasteiger partial charge in [-0.1, -0.05) is 30.3 Å². The van der Waals surface area contributed by atoms with Crippen LogP contribution in [0, 0.1) is 11.3 Å². The van der Waals surface area contributed by atoms with Crippen LogP contribution in [0.25, 0.3) is 0 Å². The van der Waals surface area contributed by atoms with Crippen molar-refractivity contribution in [3.05, 3.63) is 53.7 Å². The van der Waals surface area contributed by atoms with Gasteiger partial charge >= 0.3 is 0 Å². The van der Waals surface area contributed by atoms with Gasteiger partial charge in [0.1, 0.15) is 6.07 Å². The average Bonchev–Trinajstić information content (AvgIpc) is 2.46. The Kier molecular flexibility index (Phi) is 3.84. The predicted molar refractivity (Wildman–Crippen MR) is 66.6 cm³/mol. The average molecular weight is 240 g/mol. The summed E-state index contributed by atoms with van der Waals surface area (Å²) in [5.74, 6) is 0.378. The fraction of sp³-hybridized carbons (Fsp3) is 0.154. The second kappa shape index (κ2) is 5.75. The molecule has 2 rings (SSSR count). The molecule has 1 heterocycles. The summed E-state index contributed by atoms with van der Waals surface area (Å²) < 4.78 is 0. The van der Waals surface area contributed by atoms with Crippen molar-refractivity contribution in [2.75, 3.05) is 11.9 Å². The molecule has 0 spiro atoms. The standard InChI is InChI=1S/C13H12N4O/c14-8-11-6-7-15-17-13(11)16-12(9-18)10-4-2-1-3-5-10/h1-7,12,18H,9H2,(H,16,17). The van der Waals surface area contributed by atoms with E-state index in [0.29, 0.717) is 11.4 Å². The molecule has 2 aromatic rings. The number of rotatable bonds is 4. The third-order valence-corrected chi connectivity index (χ3v) is 2.54. The van der Waals surface area contributed by atoms with Gasteiger partial charge in [-0.25, -0.2) is 0 Å². The van der Waals surface area contributed by atoms with Gasteiger partial charge in [0, 0.05) is 0 Å². The van der Waals surface area contributed by atoms with Crippen molar-refractivity contribution in [1.29, 1.82) is 5.26 Å². The van der Waals surface area contributed by atoms with Crippen molar-refractivity contribution >= 4 is 5.82 Å². The third kappa shape index (κ3) is 2.62. The number of nitrogens with one attached hydrogen (secondary N) is 1. The van der Waals surface area contributed by atoms with Crippen LogP contribution in [0.4, 0.5) is 5.82 Å². The molecule has 0 bridgehead atoms. The molecule has 90 valence electrons. The maximum absolute atomic E-state index is 9.41. The first-order valence-electron chi connectivity index (χ1n) is 5.49. The van der Waals surface area contributed by atoms with Gasteiger partial charge in [-0.3, -0.25) is 0 Å². The molecular formula is C13H12N4O. The molecule has 0 amide bonds. The molecule has 0 radical (unpaired) electrons. The minimum Gasteiger partial charge on any atom is -0.394 e. The van der Waals surface area contributed by atoms with Gasteiger partial charge in [-0.15, -0.1) is 5.10 Å². The summed E-state index contributed by atoms with van der Waals surface area (Å²) in [6.45, 7) is -0.0918. The van der Waals surface area contributed by atoms with Crippen LogP contribution < -0.4 is 5.32 Å². The van der Waals surface area contributed by atoms with Crippen LogP contribution in [0.5, 0.6) is 0 Å². The summed E-state index contributed by atoms with van der Waals surface area (Å²) in [4.78, 5) is 0. The first-order valence-corrected chi connectivity index (χ1v) is 5.49. The Balaban J connectivity index is 2.24. The van der Waals surface area contributed by atoms with E-state index in [1.807, 2.05) is 36.4 Å². The second-order valence-electron chi connectivity index (χ2n) is 3.70. The highest BCUT2D eigenvalue weighted by molar-refractivity contribution is 5.51. The van der Waals surface area contributed by atoms with Crippen LogP contribution in [-0.2, 0) is 0 Å². The van der Waals surface area contributed by atoms with Crippen LogP contribution in [0.2, 0.25) is 0 Å². The lowest BCUT2D eigenvalue weighted by Gasteiger charge is -2.17. The molecule has 5 nitrogen and oxygen atoms in total. The fourth-order valence-electron chi connectivity index (χ4n) is 1.61. The van der Waals surface area contributed by atoms with Crippen LogP contribution in [-0.4, -0.2) is 21.9 Å². The number of aromatic nitrogens is 2. The molecule has 0 aliphatic rings. The maximum Gasteiger partial charge on any atom is 0.167 e. The van der Waals surface area contributed by atoms with Crippen molar-refractivity contribution in [1.82, 2.24) is 10.2 Å². The number of aliphatic hydroxyl groups is 1. The molecule has 18 heavy (non-hydrogen) atoms. The molecule has 1 unspecified atom stereocenters. The van der Waals surface area contributed by atoms with Gasteiger partial charge < -0.3 is 10.4 Å².